The molecule has 0 amide bonds. The van der Waals surface area contributed by atoms with E-state index in [4.69, 9.17) is 0 Å². The molecule has 0 spiro atoms. The lowest BCUT2D eigenvalue weighted by Gasteiger charge is -2.09. The lowest BCUT2D eigenvalue weighted by molar-refractivity contribution is 0.601. The van der Waals surface area contributed by atoms with E-state index in [-0.39, 0.29) is 10.6 Å². The minimum atomic E-state index is -3.70. The van der Waals surface area contributed by atoms with Crippen molar-refractivity contribution >= 4 is 42.7 Å². The van der Waals surface area contributed by atoms with Gasteiger partial charge in [-0.3, -0.25) is 4.72 Å². The summed E-state index contributed by atoms with van der Waals surface area (Å²) in [6.45, 7) is 0. The first-order chi connectivity index (χ1) is 9.95. The van der Waals surface area contributed by atoms with Gasteiger partial charge < -0.3 is 9.97 Å². The number of aromatic nitrogens is 2. The Bertz CT molecular complexity index is 975. The fourth-order valence-corrected chi connectivity index (χ4v) is 4.02. The van der Waals surface area contributed by atoms with E-state index in [1.54, 1.807) is 36.4 Å². The summed E-state index contributed by atoms with van der Waals surface area (Å²) in [6.07, 6.45) is 0. The molecule has 0 unspecified atom stereocenters. The van der Waals surface area contributed by atoms with Gasteiger partial charge >= 0.3 is 5.69 Å². The van der Waals surface area contributed by atoms with Crippen LogP contribution >= 0.6 is 15.9 Å². The first-order valence-electron chi connectivity index (χ1n) is 5.95. The Morgan fingerprint density at radius 2 is 1.71 bits per heavy atom. The molecule has 21 heavy (non-hydrogen) atoms. The van der Waals surface area contributed by atoms with Crippen molar-refractivity contribution < 1.29 is 8.42 Å². The van der Waals surface area contributed by atoms with Gasteiger partial charge in [0.05, 0.1) is 16.7 Å². The van der Waals surface area contributed by atoms with Gasteiger partial charge in [-0.25, -0.2) is 13.2 Å². The highest BCUT2D eigenvalue weighted by Gasteiger charge is 2.17. The van der Waals surface area contributed by atoms with E-state index in [0.29, 0.717) is 21.2 Å². The smallest absolute Gasteiger partial charge is 0.306 e. The largest absolute Gasteiger partial charge is 0.323 e. The second-order valence-corrected chi connectivity index (χ2v) is 6.88. The van der Waals surface area contributed by atoms with Gasteiger partial charge in [0.1, 0.15) is 4.90 Å². The molecular formula is C13H10BrN3O3S. The molecule has 8 heteroatoms. The van der Waals surface area contributed by atoms with E-state index in [0.717, 1.165) is 0 Å². The number of hydrogen-bond acceptors (Lipinski definition) is 3. The molecule has 108 valence electrons. The summed E-state index contributed by atoms with van der Waals surface area (Å²) in [5.41, 5.74) is 1.18. The van der Waals surface area contributed by atoms with Crippen molar-refractivity contribution in [3.8, 4) is 0 Å². The monoisotopic (exact) mass is 367 g/mol. The van der Waals surface area contributed by atoms with Crippen LogP contribution in [-0.4, -0.2) is 18.4 Å². The van der Waals surface area contributed by atoms with E-state index < -0.39 is 10.0 Å². The number of benzene rings is 2. The Kier molecular flexibility index (Phi) is 3.34. The molecule has 0 atom stereocenters. The lowest BCUT2D eigenvalue weighted by Crippen LogP contribution is -2.13. The molecule has 0 aliphatic carbocycles. The first kappa shape index (κ1) is 13.9. The van der Waals surface area contributed by atoms with Crippen molar-refractivity contribution in [1.29, 1.82) is 0 Å². The van der Waals surface area contributed by atoms with Gasteiger partial charge in [-0.2, -0.15) is 0 Å². The number of fused-ring (bicyclic) bond motifs is 1. The Morgan fingerprint density at radius 3 is 2.48 bits per heavy atom. The molecule has 0 saturated heterocycles. The minimum absolute atomic E-state index is 0.146. The summed E-state index contributed by atoms with van der Waals surface area (Å²) in [5.74, 6) is 0. The number of halogens is 1. The van der Waals surface area contributed by atoms with Crippen molar-refractivity contribution in [2.75, 3.05) is 4.72 Å². The van der Waals surface area contributed by atoms with E-state index in [1.165, 1.54) is 6.07 Å². The van der Waals surface area contributed by atoms with Crippen molar-refractivity contribution in [2.45, 2.75) is 4.90 Å². The van der Waals surface area contributed by atoms with Gasteiger partial charge in [0, 0.05) is 4.47 Å². The normalized spacial score (nSPS) is 11.7. The van der Waals surface area contributed by atoms with Crippen LogP contribution in [0.25, 0.3) is 11.0 Å². The van der Waals surface area contributed by atoms with Crippen LogP contribution in [0.15, 0.2) is 56.6 Å². The van der Waals surface area contributed by atoms with Crippen molar-refractivity contribution in [3.63, 3.8) is 0 Å². The highest BCUT2D eigenvalue weighted by Crippen LogP contribution is 2.24. The molecule has 0 bridgehead atoms. The van der Waals surface area contributed by atoms with Crippen LogP contribution in [0, 0.1) is 0 Å². The van der Waals surface area contributed by atoms with E-state index in [1.807, 2.05) is 0 Å². The Labute approximate surface area is 128 Å². The Balaban J connectivity index is 2.01. The predicted octanol–water partition coefficient (Wildman–Crippen LogP) is 2.42. The average Bonchev–Trinajstić information content (AvgIpc) is 2.78. The number of aromatic amines is 2. The van der Waals surface area contributed by atoms with E-state index in [2.05, 4.69) is 30.6 Å². The molecule has 3 rings (SSSR count). The predicted molar refractivity (Wildman–Crippen MR) is 83.9 cm³/mol. The third kappa shape index (κ3) is 2.72. The molecule has 2 aromatic carbocycles. The van der Waals surface area contributed by atoms with Crippen molar-refractivity contribution in [3.05, 3.63) is 57.4 Å². The Hall–Kier alpha value is -2.06. The molecule has 3 N–H and O–H groups in total. The molecule has 1 aromatic heterocycles. The van der Waals surface area contributed by atoms with Crippen LogP contribution in [0.5, 0.6) is 0 Å². The third-order valence-corrected chi connectivity index (χ3v) is 5.29. The molecule has 0 radical (unpaired) electrons. The highest BCUT2D eigenvalue weighted by atomic mass is 79.9. The lowest BCUT2D eigenvalue weighted by atomic mass is 10.3. The molecule has 0 fully saturated rings. The van der Waals surface area contributed by atoms with Gasteiger partial charge in [0.2, 0.25) is 0 Å². The zero-order valence-corrected chi connectivity index (χ0v) is 13.0. The minimum Gasteiger partial charge on any atom is -0.306 e. The second-order valence-electron chi connectivity index (χ2n) is 4.38. The molecule has 3 aromatic rings. The average molecular weight is 368 g/mol. The summed E-state index contributed by atoms with van der Waals surface area (Å²) in [6, 6.07) is 11.3. The third-order valence-electron chi connectivity index (χ3n) is 2.89. The number of H-pyrrole nitrogens is 2. The molecular weight excluding hydrogens is 358 g/mol. The molecule has 0 aliphatic rings. The summed E-state index contributed by atoms with van der Waals surface area (Å²) in [5, 5.41) is 0. The number of hydrogen-bond donors (Lipinski definition) is 3. The summed E-state index contributed by atoms with van der Waals surface area (Å²) < 4.78 is 27.6. The van der Waals surface area contributed by atoms with Gasteiger partial charge in [0.15, 0.2) is 0 Å². The number of rotatable bonds is 3. The van der Waals surface area contributed by atoms with Crippen LogP contribution < -0.4 is 10.4 Å². The van der Waals surface area contributed by atoms with Crippen LogP contribution in [0.1, 0.15) is 0 Å². The Morgan fingerprint density at radius 1 is 1.00 bits per heavy atom. The fraction of sp³-hybridized carbons (Fsp3) is 0. The summed E-state index contributed by atoms with van der Waals surface area (Å²) in [4.78, 5) is 16.5. The van der Waals surface area contributed by atoms with Crippen LogP contribution in [0.4, 0.5) is 5.69 Å². The maximum atomic E-state index is 12.3. The number of nitrogens with one attached hydrogen (secondary N) is 3. The topological polar surface area (TPSA) is 94.8 Å². The van der Waals surface area contributed by atoms with Crippen LogP contribution in [0.3, 0.4) is 0 Å². The molecule has 0 saturated carbocycles. The second kappa shape index (κ2) is 5.05. The van der Waals surface area contributed by atoms with E-state index in [9.17, 15) is 13.2 Å². The first-order valence-corrected chi connectivity index (χ1v) is 8.23. The maximum absolute atomic E-state index is 12.3. The van der Waals surface area contributed by atoms with Crippen LogP contribution in [-0.2, 0) is 10.0 Å². The SMILES string of the molecule is O=c1[nH]c2ccc(NS(=O)(=O)c3ccccc3Br)cc2[nH]1. The maximum Gasteiger partial charge on any atom is 0.323 e. The summed E-state index contributed by atoms with van der Waals surface area (Å²) in [7, 11) is -3.70. The van der Waals surface area contributed by atoms with Gasteiger partial charge in [-0.05, 0) is 46.3 Å². The zero-order valence-electron chi connectivity index (χ0n) is 10.6. The van der Waals surface area contributed by atoms with Crippen molar-refractivity contribution in [2.24, 2.45) is 0 Å². The van der Waals surface area contributed by atoms with E-state index >= 15 is 0 Å². The van der Waals surface area contributed by atoms with Gasteiger partial charge in [0.25, 0.3) is 10.0 Å². The quantitative estimate of drug-likeness (QED) is 0.663. The highest BCUT2D eigenvalue weighted by molar-refractivity contribution is 9.10. The zero-order chi connectivity index (χ0) is 15.0. The molecule has 6 nitrogen and oxygen atoms in total. The van der Waals surface area contributed by atoms with Gasteiger partial charge in [-0.1, -0.05) is 12.1 Å². The number of sulfonamides is 1. The van der Waals surface area contributed by atoms with Gasteiger partial charge in [-0.15, -0.1) is 0 Å². The fourth-order valence-electron chi connectivity index (χ4n) is 1.97. The summed E-state index contributed by atoms with van der Waals surface area (Å²) >= 11 is 3.22. The standard InChI is InChI=1S/C13H10BrN3O3S/c14-9-3-1-2-4-12(9)21(19,20)17-8-5-6-10-11(7-8)16-13(18)15-10/h1-7,17H,(H2,15,16,18). The molecule has 0 aliphatic heterocycles. The van der Waals surface area contributed by atoms with Crippen LogP contribution in [0.2, 0.25) is 0 Å². The number of imidazole rings is 1. The number of anilines is 1. The molecule has 1 heterocycles. The van der Waals surface area contributed by atoms with Crippen molar-refractivity contribution in [1.82, 2.24) is 9.97 Å².